The van der Waals surface area contributed by atoms with Gasteiger partial charge in [-0.3, -0.25) is 0 Å². The topological polar surface area (TPSA) is 52.6 Å². The lowest BCUT2D eigenvalue weighted by atomic mass is 9.96. The Bertz CT molecular complexity index is 479. The standard InChI is InChI=1S/C26H48O4/c1-6-9-11-13-15-17-19-29-25(27)23(8-3)24(21-22(4)5)26(28)30-20-18-16-14-12-10-7-2/h22H,6-21H2,1-5H3/b24-23-. The minimum atomic E-state index is -0.349. The molecule has 0 atom stereocenters. The maximum Gasteiger partial charge on any atom is 0.334 e. The summed E-state index contributed by atoms with van der Waals surface area (Å²) in [6.45, 7) is 11.3. The van der Waals surface area contributed by atoms with Gasteiger partial charge in [-0.2, -0.15) is 0 Å². The van der Waals surface area contributed by atoms with Crippen LogP contribution in [0.25, 0.3) is 0 Å². The van der Waals surface area contributed by atoms with Crippen LogP contribution in [0.1, 0.15) is 125 Å². The summed E-state index contributed by atoms with van der Waals surface area (Å²) >= 11 is 0. The minimum absolute atomic E-state index is 0.273. The summed E-state index contributed by atoms with van der Waals surface area (Å²) in [7, 11) is 0. The normalized spacial score (nSPS) is 12.1. The van der Waals surface area contributed by atoms with Gasteiger partial charge in [-0.15, -0.1) is 0 Å². The summed E-state index contributed by atoms with van der Waals surface area (Å²) in [5, 5.41) is 0. The highest BCUT2D eigenvalue weighted by molar-refractivity contribution is 6.00. The monoisotopic (exact) mass is 424 g/mol. The van der Waals surface area contributed by atoms with E-state index in [0.717, 1.165) is 25.7 Å². The molecule has 0 fully saturated rings. The van der Waals surface area contributed by atoms with Gasteiger partial charge in [-0.1, -0.05) is 98.8 Å². The molecule has 0 aliphatic heterocycles. The number of unbranched alkanes of at least 4 members (excludes halogenated alkanes) is 10. The van der Waals surface area contributed by atoms with Crippen LogP contribution >= 0.6 is 0 Å². The van der Waals surface area contributed by atoms with Crippen LogP contribution in [-0.4, -0.2) is 25.2 Å². The first-order valence-electron chi connectivity index (χ1n) is 12.5. The summed E-state index contributed by atoms with van der Waals surface area (Å²) in [4.78, 5) is 25.3. The van der Waals surface area contributed by atoms with Crippen LogP contribution in [0.5, 0.6) is 0 Å². The first-order valence-corrected chi connectivity index (χ1v) is 12.5. The molecule has 30 heavy (non-hydrogen) atoms. The molecule has 0 rings (SSSR count). The molecule has 0 aromatic heterocycles. The maximum absolute atomic E-state index is 12.7. The molecule has 176 valence electrons. The van der Waals surface area contributed by atoms with E-state index in [2.05, 4.69) is 27.7 Å². The van der Waals surface area contributed by atoms with Crippen LogP contribution in [0.2, 0.25) is 0 Å². The first-order chi connectivity index (χ1) is 14.5. The molecule has 0 heterocycles. The van der Waals surface area contributed by atoms with Crippen molar-refractivity contribution >= 4 is 11.9 Å². The summed E-state index contributed by atoms with van der Waals surface area (Å²) in [6.07, 6.45) is 14.8. The van der Waals surface area contributed by atoms with Crippen molar-refractivity contribution in [2.24, 2.45) is 5.92 Å². The van der Waals surface area contributed by atoms with Gasteiger partial charge in [-0.05, 0) is 31.6 Å². The smallest absolute Gasteiger partial charge is 0.334 e. The van der Waals surface area contributed by atoms with Crippen LogP contribution < -0.4 is 0 Å². The third-order valence-electron chi connectivity index (χ3n) is 5.29. The lowest BCUT2D eigenvalue weighted by Crippen LogP contribution is -2.18. The van der Waals surface area contributed by atoms with Crippen LogP contribution in [-0.2, 0) is 19.1 Å². The van der Waals surface area contributed by atoms with Gasteiger partial charge in [0.1, 0.15) is 0 Å². The number of carbonyl (C=O) groups excluding carboxylic acids is 2. The largest absolute Gasteiger partial charge is 0.462 e. The van der Waals surface area contributed by atoms with Crippen molar-refractivity contribution in [2.45, 2.75) is 125 Å². The molecular weight excluding hydrogens is 376 g/mol. The molecule has 0 N–H and O–H groups in total. The Morgan fingerprint density at radius 1 is 0.600 bits per heavy atom. The first kappa shape index (κ1) is 28.7. The fourth-order valence-corrected chi connectivity index (χ4v) is 3.49. The molecule has 0 aliphatic carbocycles. The van der Waals surface area contributed by atoms with E-state index in [4.69, 9.17) is 9.47 Å². The fraction of sp³-hybridized carbons (Fsp3) is 0.846. The Kier molecular flexibility index (Phi) is 18.8. The summed E-state index contributed by atoms with van der Waals surface area (Å²) in [6, 6.07) is 0. The third-order valence-corrected chi connectivity index (χ3v) is 5.29. The highest BCUT2D eigenvalue weighted by atomic mass is 16.5. The minimum Gasteiger partial charge on any atom is -0.462 e. The fourth-order valence-electron chi connectivity index (χ4n) is 3.49. The second kappa shape index (κ2) is 19.6. The molecule has 0 amide bonds. The summed E-state index contributed by atoms with van der Waals surface area (Å²) in [5.74, 6) is -0.418. The second-order valence-corrected chi connectivity index (χ2v) is 8.72. The highest BCUT2D eigenvalue weighted by Gasteiger charge is 2.23. The zero-order valence-corrected chi connectivity index (χ0v) is 20.5. The van der Waals surface area contributed by atoms with Gasteiger partial charge in [-0.25, -0.2) is 9.59 Å². The van der Waals surface area contributed by atoms with E-state index in [1.807, 2.05) is 6.92 Å². The molecule has 0 aliphatic rings. The molecule has 0 aromatic carbocycles. The Morgan fingerprint density at radius 3 is 1.40 bits per heavy atom. The Morgan fingerprint density at radius 2 is 1.00 bits per heavy atom. The maximum atomic E-state index is 12.7. The van der Waals surface area contributed by atoms with E-state index in [9.17, 15) is 9.59 Å². The molecule has 4 heteroatoms. The van der Waals surface area contributed by atoms with Crippen LogP contribution in [0.15, 0.2) is 11.1 Å². The van der Waals surface area contributed by atoms with Gasteiger partial charge in [0, 0.05) is 11.1 Å². The van der Waals surface area contributed by atoms with Crippen molar-refractivity contribution in [3.05, 3.63) is 11.1 Å². The molecule has 0 saturated heterocycles. The SMILES string of the molecule is CCCCCCCCOC(=O)/C(CC)=C(/CC(C)C)C(=O)OCCCCCCCC. The number of ether oxygens (including phenoxy) is 2. The lowest BCUT2D eigenvalue weighted by Gasteiger charge is -2.15. The Hall–Kier alpha value is -1.32. The zero-order valence-electron chi connectivity index (χ0n) is 20.5. The molecule has 0 unspecified atom stereocenters. The summed E-state index contributed by atoms with van der Waals surface area (Å²) in [5.41, 5.74) is 0.994. The van der Waals surface area contributed by atoms with Gasteiger partial charge < -0.3 is 9.47 Å². The van der Waals surface area contributed by atoms with Crippen molar-refractivity contribution in [1.82, 2.24) is 0 Å². The molecular formula is C26H48O4. The molecule has 0 aromatic rings. The van der Waals surface area contributed by atoms with E-state index in [-0.39, 0.29) is 17.9 Å². The molecule has 0 spiro atoms. The van der Waals surface area contributed by atoms with E-state index in [1.54, 1.807) is 0 Å². The van der Waals surface area contributed by atoms with Gasteiger partial charge in [0.05, 0.1) is 13.2 Å². The molecule has 0 bridgehead atoms. The number of rotatable bonds is 19. The van der Waals surface area contributed by atoms with Crippen molar-refractivity contribution in [3.8, 4) is 0 Å². The molecule has 4 nitrogen and oxygen atoms in total. The van der Waals surface area contributed by atoms with Gasteiger partial charge in [0.25, 0.3) is 0 Å². The molecule has 0 saturated carbocycles. The van der Waals surface area contributed by atoms with E-state index in [1.165, 1.54) is 51.4 Å². The van der Waals surface area contributed by atoms with Gasteiger partial charge >= 0.3 is 11.9 Å². The zero-order chi connectivity index (χ0) is 22.6. The predicted molar refractivity (Wildman–Crippen MR) is 125 cm³/mol. The lowest BCUT2D eigenvalue weighted by molar-refractivity contribution is -0.142. The highest BCUT2D eigenvalue weighted by Crippen LogP contribution is 2.21. The van der Waals surface area contributed by atoms with Crippen molar-refractivity contribution < 1.29 is 19.1 Å². The van der Waals surface area contributed by atoms with E-state index >= 15 is 0 Å². The van der Waals surface area contributed by atoms with Crippen LogP contribution in [0.4, 0.5) is 0 Å². The van der Waals surface area contributed by atoms with Gasteiger partial charge in [0.2, 0.25) is 0 Å². The predicted octanol–water partition coefficient (Wildman–Crippen LogP) is 7.55. The number of hydrogen-bond donors (Lipinski definition) is 0. The number of carbonyl (C=O) groups is 2. The van der Waals surface area contributed by atoms with Crippen LogP contribution in [0.3, 0.4) is 0 Å². The van der Waals surface area contributed by atoms with Crippen molar-refractivity contribution in [1.29, 1.82) is 0 Å². The Balaban J connectivity index is 4.63. The van der Waals surface area contributed by atoms with E-state index < -0.39 is 0 Å². The number of esters is 2. The average molecular weight is 425 g/mol. The van der Waals surface area contributed by atoms with Crippen molar-refractivity contribution in [3.63, 3.8) is 0 Å². The van der Waals surface area contributed by atoms with Crippen molar-refractivity contribution in [2.75, 3.05) is 13.2 Å². The summed E-state index contributed by atoms with van der Waals surface area (Å²) < 4.78 is 11.0. The van der Waals surface area contributed by atoms with Gasteiger partial charge in [0.15, 0.2) is 0 Å². The number of hydrogen-bond acceptors (Lipinski definition) is 4. The molecule has 0 radical (unpaired) electrons. The quantitative estimate of drug-likeness (QED) is 0.122. The Labute approximate surface area is 186 Å². The third kappa shape index (κ3) is 14.6. The van der Waals surface area contributed by atoms with Crippen LogP contribution in [0, 0.1) is 5.92 Å². The second-order valence-electron chi connectivity index (χ2n) is 8.72. The van der Waals surface area contributed by atoms with E-state index in [0.29, 0.717) is 37.2 Å². The average Bonchev–Trinajstić information content (AvgIpc) is 2.71.